The first kappa shape index (κ1) is 18.7. The van der Waals surface area contributed by atoms with Gasteiger partial charge in [0, 0.05) is 11.6 Å². The van der Waals surface area contributed by atoms with Gasteiger partial charge in [-0.2, -0.15) is 0 Å². The van der Waals surface area contributed by atoms with Gasteiger partial charge < -0.3 is 10.1 Å². The van der Waals surface area contributed by atoms with Crippen LogP contribution in [0.15, 0.2) is 41.5 Å². The zero-order valence-corrected chi connectivity index (χ0v) is 16.0. The minimum Gasteiger partial charge on any atom is -0.451 e. The third-order valence-electron chi connectivity index (χ3n) is 5.89. The van der Waals surface area contributed by atoms with Crippen LogP contribution in [0.3, 0.4) is 0 Å². The van der Waals surface area contributed by atoms with Crippen molar-refractivity contribution in [3.8, 4) is 0 Å². The average Bonchev–Trinajstić information content (AvgIpc) is 2.88. The fraction of sp³-hybridized carbons (Fsp3) is 0.545. The molecule has 0 unspecified atom stereocenters. The van der Waals surface area contributed by atoms with E-state index in [1.54, 1.807) is 6.92 Å². The van der Waals surface area contributed by atoms with Crippen molar-refractivity contribution < 1.29 is 14.3 Å². The van der Waals surface area contributed by atoms with E-state index in [2.05, 4.69) is 31.3 Å². The van der Waals surface area contributed by atoms with Crippen LogP contribution in [0.4, 0.5) is 0 Å². The summed E-state index contributed by atoms with van der Waals surface area (Å²) in [5.74, 6) is 0.150. The molecule has 2 aliphatic rings. The molecule has 1 atom stereocenters. The van der Waals surface area contributed by atoms with E-state index >= 15 is 0 Å². The molecule has 4 heteroatoms. The molecular formula is C22H29NO3. The smallest absolute Gasteiger partial charge is 0.335 e. The Bertz CT molecular complexity index is 699. The highest BCUT2D eigenvalue weighted by molar-refractivity contribution is 6.07. The minimum atomic E-state index is -0.706. The Hall–Kier alpha value is -2.10. The Morgan fingerprint density at radius 3 is 2.54 bits per heavy atom. The van der Waals surface area contributed by atoms with E-state index in [9.17, 15) is 9.59 Å². The number of benzene rings is 1. The van der Waals surface area contributed by atoms with E-state index in [0.29, 0.717) is 17.1 Å². The SMILES string of the molecule is CC[C@H](Cc1ccccc1)NC(=O)C1=C(C)C(=O)OC12CCC(C)CC2. The van der Waals surface area contributed by atoms with Crippen LogP contribution in [0.25, 0.3) is 0 Å². The van der Waals surface area contributed by atoms with Crippen LogP contribution in [0.5, 0.6) is 0 Å². The maximum Gasteiger partial charge on any atom is 0.335 e. The zero-order valence-electron chi connectivity index (χ0n) is 16.0. The summed E-state index contributed by atoms with van der Waals surface area (Å²) in [6.45, 7) is 6.01. The molecule has 4 nitrogen and oxygen atoms in total. The van der Waals surface area contributed by atoms with Crippen molar-refractivity contribution in [2.75, 3.05) is 0 Å². The number of hydrogen-bond donors (Lipinski definition) is 1. The molecule has 26 heavy (non-hydrogen) atoms. The first-order valence-electron chi connectivity index (χ1n) is 9.74. The highest BCUT2D eigenvalue weighted by Gasteiger charge is 2.50. The van der Waals surface area contributed by atoms with Crippen LogP contribution in [0.2, 0.25) is 0 Å². The molecule has 1 aliphatic heterocycles. The molecule has 0 bridgehead atoms. The number of carbonyl (C=O) groups is 2. The lowest BCUT2D eigenvalue weighted by Crippen LogP contribution is -2.45. The molecule has 3 rings (SSSR count). The Balaban J connectivity index is 1.77. The number of rotatable bonds is 5. The van der Waals surface area contributed by atoms with E-state index in [1.807, 2.05) is 18.2 Å². The first-order valence-corrected chi connectivity index (χ1v) is 9.74. The van der Waals surface area contributed by atoms with Gasteiger partial charge >= 0.3 is 5.97 Å². The number of esters is 1. The molecule has 1 heterocycles. The second-order valence-electron chi connectivity index (χ2n) is 7.83. The van der Waals surface area contributed by atoms with Crippen molar-refractivity contribution in [2.45, 2.75) is 70.9 Å². The average molecular weight is 355 g/mol. The predicted molar refractivity (Wildman–Crippen MR) is 102 cm³/mol. The number of ether oxygens (including phenoxy) is 1. The monoisotopic (exact) mass is 355 g/mol. The van der Waals surface area contributed by atoms with E-state index in [-0.39, 0.29) is 17.9 Å². The molecule has 1 aromatic rings. The van der Waals surface area contributed by atoms with Gasteiger partial charge in [0.05, 0.1) is 5.57 Å². The predicted octanol–water partition coefficient (Wildman–Crippen LogP) is 3.95. The summed E-state index contributed by atoms with van der Waals surface area (Å²) in [7, 11) is 0. The number of hydrogen-bond acceptors (Lipinski definition) is 3. The summed E-state index contributed by atoms with van der Waals surface area (Å²) in [6, 6.07) is 10.2. The van der Waals surface area contributed by atoms with Gasteiger partial charge in [0.25, 0.3) is 5.91 Å². The van der Waals surface area contributed by atoms with E-state index in [4.69, 9.17) is 4.74 Å². The molecule has 0 radical (unpaired) electrons. The summed E-state index contributed by atoms with van der Waals surface area (Å²) >= 11 is 0. The summed E-state index contributed by atoms with van der Waals surface area (Å²) < 4.78 is 5.74. The Labute approximate surface area is 156 Å². The van der Waals surface area contributed by atoms with Gasteiger partial charge in [-0.1, -0.05) is 44.2 Å². The van der Waals surface area contributed by atoms with E-state index < -0.39 is 5.60 Å². The summed E-state index contributed by atoms with van der Waals surface area (Å²) in [4.78, 5) is 25.3. The fourth-order valence-corrected chi connectivity index (χ4v) is 4.16. The van der Waals surface area contributed by atoms with Crippen molar-refractivity contribution in [2.24, 2.45) is 5.92 Å². The molecule has 140 valence electrons. The standard InChI is InChI=1S/C22H29NO3/c1-4-18(14-17-8-6-5-7-9-17)23-20(24)19-16(3)21(25)26-22(19)12-10-15(2)11-13-22/h5-9,15,18H,4,10-14H2,1-3H3,(H,23,24)/t15?,18-,22?/m1/s1. The maximum absolute atomic E-state index is 13.1. The second kappa shape index (κ2) is 7.65. The van der Waals surface area contributed by atoms with Crippen molar-refractivity contribution in [3.05, 3.63) is 47.0 Å². The molecule has 1 amide bonds. The lowest BCUT2D eigenvalue weighted by molar-refractivity contribution is -0.150. The summed E-state index contributed by atoms with van der Waals surface area (Å²) in [5, 5.41) is 3.16. The third-order valence-corrected chi connectivity index (χ3v) is 5.89. The summed E-state index contributed by atoms with van der Waals surface area (Å²) in [6.07, 6.45) is 5.09. The zero-order chi connectivity index (χ0) is 18.7. The quantitative estimate of drug-likeness (QED) is 0.814. The fourth-order valence-electron chi connectivity index (χ4n) is 4.16. The third kappa shape index (κ3) is 3.69. The number of nitrogens with one attached hydrogen (secondary N) is 1. The Kier molecular flexibility index (Phi) is 5.49. The van der Waals surface area contributed by atoms with Crippen LogP contribution >= 0.6 is 0 Å². The molecule has 0 aromatic heterocycles. The topological polar surface area (TPSA) is 55.4 Å². The normalized spacial score (nSPS) is 26.7. The van der Waals surface area contributed by atoms with Crippen molar-refractivity contribution in [1.29, 1.82) is 0 Å². The van der Waals surface area contributed by atoms with Crippen molar-refractivity contribution in [3.63, 3.8) is 0 Å². The summed E-state index contributed by atoms with van der Waals surface area (Å²) in [5.41, 5.74) is 1.54. The molecule has 1 aliphatic carbocycles. The lowest BCUT2D eigenvalue weighted by Gasteiger charge is -2.36. The van der Waals surface area contributed by atoms with Gasteiger partial charge in [-0.15, -0.1) is 0 Å². The van der Waals surface area contributed by atoms with E-state index in [0.717, 1.165) is 38.5 Å². The molecule has 1 aromatic carbocycles. The van der Waals surface area contributed by atoms with Gasteiger partial charge in [0.2, 0.25) is 0 Å². The molecule has 1 spiro atoms. The molecule has 1 saturated carbocycles. The van der Waals surface area contributed by atoms with Crippen LogP contribution in [0, 0.1) is 5.92 Å². The van der Waals surface area contributed by atoms with Gasteiger partial charge in [0.15, 0.2) is 0 Å². The number of carbonyl (C=O) groups excluding carboxylic acids is 2. The highest BCUT2D eigenvalue weighted by atomic mass is 16.6. The van der Waals surface area contributed by atoms with Crippen LogP contribution in [-0.2, 0) is 20.7 Å². The van der Waals surface area contributed by atoms with Gasteiger partial charge in [-0.3, -0.25) is 4.79 Å². The Morgan fingerprint density at radius 1 is 1.27 bits per heavy atom. The lowest BCUT2D eigenvalue weighted by atomic mass is 9.75. The van der Waals surface area contributed by atoms with Crippen LogP contribution < -0.4 is 5.32 Å². The molecule has 0 saturated heterocycles. The second-order valence-corrected chi connectivity index (χ2v) is 7.83. The van der Waals surface area contributed by atoms with Gasteiger partial charge in [0.1, 0.15) is 5.60 Å². The van der Waals surface area contributed by atoms with E-state index in [1.165, 1.54) is 5.56 Å². The van der Waals surface area contributed by atoms with Gasteiger partial charge in [-0.25, -0.2) is 4.79 Å². The number of amides is 1. The van der Waals surface area contributed by atoms with Gasteiger partial charge in [-0.05, 0) is 56.9 Å². The van der Waals surface area contributed by atoms with Crippen LogP contribution in [-0.4, -0.2) is 23.5 Å². The first-order chi connectivity index (χ1) is 12.4. The Morgan fingerprint density at radius 2 is 1.92 bits per heavy atom. The largest absolute Gasteiger partial charge is 0.451 e. The van der Waals surface area contributed by atoms with Crippen molar-refractivity contribution >= 4 is 11.9 Å². The molecule has 1 N–H and O–H groups in total. The molecular weight excluding hydrogens is 326 g/mol. The molecule has 1 fully saturated rings. The highest BCUT2D eigenvalue weighted by Crippen LogP contribution is 2.45. The van der Waals surface area contributed by atoms with Crippen molar-refractivity contribution in [1.82, 2.24) is 5.32 Å². The van der Waals surface area contributed by atoms with Crippen LogP contribution in [0.1, 0.15) is 58.4 Å². The maximum atomic E-state index is 13.1. The minimum absolute atomic E-state index is 0.0421.